The minimum Gasteiger partial charge on any atom is -0.366 e. The van der Waals surface area contributed by atoms with E-state index in [0.29, 0.717) is 29.5 Å². The van der Waals surface area contributed by atoms with E-state index in [1.54, 1.807) is 36.4 Å². The van der Waals surface area contributed by atoms with Gasteiger partial charge in [0.15, 0.2) is 0 Å². The molecule has 0 atom stereocenters. The molecule has 132 valence electrons. The van der Waals surface area contributed by atoms with Gasteiger partial charge in [0, 0.05) is 24.3 Å². The molecule has 0 saturated carbocycles. The molecule has 0 radical (unpaired) electrons. The van der Waals surface area contributed by atoms with Crippen molar-refractivity contribution in [3.05, 3.63) is 94.4 Å². The van der Waals surface area contributed by atoms with Gasteiger partial charge in [-0.05, 0) is 47.5 Å². The first-order valence-electron chi connectivity index (χ1n) is 8.07. The maximum atomic E-state index is 12.9. The molecule has 0 bridgehead atoms. The molecule has 6 heteroatoms. The molecule has 0 fully saturated rings. The molecular formula is C20H17ClFN3O. The van der Waals surface area contributed by atoms with Crippen LogP contribution in [-0.2, 0) is 13.1 Å². The molecule has 0 aliphatic carbocycles. The Balaban J connectivity index is 1.52. The summed E-state index contributed by atoms with van der Waals surface area (Å²) in [6.45, 7) is 0.940. The first-order valence-corrected chi connectivity index (χ1v) is 8.45. The van der Waals surface area contributed by atoms with E-state index >= 15 is 0 Å². The van der Waals surface area contributed by atoms with Gasteiger partial charge in [0.1, 0.15) is 11.6 Å². The fraction of sp³-hybridized carbons (Fsp3) is 0.100. The Bertz CT molecular complexity index is 865. The standard InChI is InChI=1S/C20H17ClFN3O/c21-17-6-1-14(2-7-17)12-25-20(26)16-5-10-19(24-13-16)23-11-15-3-8-18(22)9-4-15/h1-10,13H,11-12H2,(H,23,24)(H,25,26). The van der Waals surface area contributed by atoms with Crippen LogP contribution in [0, 0.1) is 5.82 Å². The molecule has 1 heterocycles. The normalized spacial score (nSPS) is 10.4. The lowest BCUT2D eigenvalue weighted by Gasteiger charge is -2.08. The number of pyridine rings is 1. The maximum absolute atomic E-state index is 12.9. The van der Waals surface area contributed by atoms with Gasteiger partial charge in [0.05, 0.1) is 5.56 Å². The minimum absolute atomic E-state index is 0.197. The Morgan fingerprint density at radius 2 is 1.58 bits per heavy atom. The smallest absolute Gasteiger partial charge is 0.253 e. The molecule has 1 aromatic heterocycles. The van der Waals surface area contributed by atoms with Crippen LogP contribution in [0.2, 0.25) is 5.02 Å². The highest BCUT2D eigenvalue weighted by atomic mass is 35.5. The Labute approximate surface area is 156 Å². The number of amides is 1. The van der Waals surface area contributed by atoms with E-state index in [1.807, 2.05) is 12.1 Å². The zero-order chi connectivity index (χ0) is 18.4. The zero-order valence-electron chi connectivity index (χ0n) is 13.9. The Hall–Kier alpha value is -2.92. The van der Waals surface area contributed by atoms with Crippen molar-refractivity contribution in [3.63, 3.8) is 0 Å². The summed E-state index contributed by atoms with van der Waals surface area (Å²) in [4.78, 5) is 16.4. The number of aromatic nitrogens is 1. The highest BCUT2D eigenvalue weighted by molar-refractivity contribution is 6.30. The molecule has 2 aromatic carbocycles. The van der Waals surface area contributed by atoms with Gasteiger partial charge in [-0.25, -0.2) is 9.37 Å². The van der Waals surface area contributed by atoms with Crippen LogP contribution in [-0.4, -0.2) is 10.9 Å². The summed E-state index contributed by atoms with van der Waals surface area (Å²) in [5.41, 5.74) is 2.39. The number of anilines is 1. The Kier molecular flexibility index (Phi) is 5.81. The van der Waals surface area contributed by atoms with Gasteiger partial charge in [-0.3, -0.25) is 4.79 Å². The van der Waals surface area contributed by atoms with E-state index < -0.39 is 0 Å². The molecule has 2 N–H and O–H groups in total. The van der Waals surface area contributed by atoms with Crippen molar-refractivity contribution in [2.24, 2.45) is 0 Å². The lowest BCUT2D eigenvalue weighted by Crippen LogP contribution is -2.22. The number of carbonyl (C=O) groups is 1. The molecule has 26 heavy (non-hydrogen) atoms. The SMILES string of the molecule is O=C(NCc1ccc(Cl)cc1)c1ccc(NCc2ccc(F)cc2)nc1. The molecule has 1 amide bonds. The first-order chi connectivity index (χ1) is 12.6. The van der Waals surface area contributed by atoms with Crippen molar-refractivity contribution in [2.75, 3.05) is 5.32 Å². The van der Waals surface area contributed by atoms with E-state index in [1.165, 1.54) is 18.3 Å². The topological polar surface area (TPSA) is 54.0 Å². The number of hydrogen-bond donors (Lipinski definition) is 2. The number of nitrogens with one attached hydrogen (secondary N) is 2. The van der Waals surface area contributed by atoms with Crippen LogP contribution in [0.5, 0.6) is 0 Å². The highest BCUT2D eigenvalue weighted by Gasteiger charge is 2.06. The highest BCUT2D eigenvalue weighted by Crippen LogP contribution is 2.11. The molecule has 0 spiro atoms. The van der Waals surface area contributed by atoms with Crippen molar-refractivity contribution in [2.45, 2.75) is 13.1 Å². The second-order valence-electron chi connectivity index (χ2n) is 5.72. The van der Waals surface area contributed by atoms with Crippen LogP contribution in [0.1, 0.15) is 21.5 Å². The molecule has 3 rings (SSSR count). The van der Waals surface area contributed by atoms with Crippen molar-refractivity contribution in [1.82, 2.24) is 10.3 Å². The van der Waals surface area contributed by atoms with E-state index in [0.717, 1.165) is 11.1 Å². The number of hydrogen-bond acceptors (Lipinski definition) is 3. The molecule has 4 nitrogen and oxygen atoms in total. The number of benzene rings is 2. The van der Waals surface area contributed by atoms with Crippen molar-refractivity contribution in [1.29, 1.82) is 0 Å². The number of carbonyl (C=O) groups excluding carboxylic acids is 1. The first kappa shape index (κ1) is 17.9. The van der Waals surface area contributed by atoms with Crippen molar-refractivity contribution < 1.29 is 9.18 Å². The molecule has 0 unspecified atom stereocenters. The number of rotatable bonds is 6. The number of nitrogens with zero attached hydrogens (tertiary/aromatic N) is 1. The van der Waals surface area contributed by atoms with Crippen LogP contribution in [0.4, 0.5) is 10.2 Å². The monoisotopic (exact) mass is 369 g/mol. The molecule has 0 aliphatic rings. The van der Waals surface area contributed by atoms with Crippen LogP contribution in [0.3, 0.4) is 0 Å². The van der Waals surface area contributed by atoms with Gasteiger partial charge in [-0.2, -0.15) is 0 Å². The second-order valence-corrected chi connectivity index (χ2v) is 6.16. The Morgan fingerprint density at radius 1 is 0.923 bits per heavy atom. The van der Waals surface area contributed by atoms with Gasteiger partial charge in [-0.1, -0.05) is 35.9 Å². The quantitative estimate of drug-likeness (QED) is 0.676. The van der Waals surface area contributed by atoms with E-state index in [9.17, 15) is 9.18 Å². The average molecular weight is 370 g/mol. The summed E-state index contributed by atoms with van der Waals surface area (Å²) in [5.74, 6) is 0.182. The average Bonchev–Trinajstić information content (AvgIpc) is 2.67. The molecular weight excluding hydrogens is 353 g/mol. The predicted molar refractivity (Wildman–Crippen MR) is 101 cm³/mol. The summed E-state index contributed by atoms with van der Waals surface area (Å²) in [6, 6.07) is 17.0. The van der Waals surface area contributed by atoms with E-state index in [4.69, 9.17) is 11.6 Å². The number of halogens is 2. The van der Waals surface area contributed by atoms with Gasteiger partial charge in [0.25, 0.3) is 5.91 Å². The van der Waals surface area contributed by atoms with Crippen molar-refractivity contribution in [3.8, 4) is 0 Å². The zero-order valence-corrected chi connectivity index (χ0v) is 14.6. The van der Waals surface area contributed by atoms with Crippen LogP contribution in [0.15, 0.2) is 66.9 Å². The van der Waals surface area contributed by atoms with Crippen LogP contribution >= 0.6 is 11.6 Å². The van der Waals surface area contributed by atoms with Gasteiger partial charge in [0.2, 0.25) is 0 Å². The van der Waals surface area contributed by atoms with Crippen LogP contribution in [0.25, 0.3) is 0 Å². The largest absolute Gasteiger partial charge is 0.366 e. The van der Waals surface area contributed by atoms with Crippen LogP contribution < -0.4 is 10.6 Å². The molecule has 0 aliphatic heterocycles. The summed E-state index contributed by atoms with van der Waals surface area (Å²) in [7, 11) is 0. The Morgan fingerprint density at radius 3 is 2.23 bits per heavy atom. The van der Waals surface area contributed by atoms with Gasteiger partial charge < -0.3 is 10.6 Å². The predicted octanol–water partition coefficient (Wildman–Crippen LogP) is 4.42. The second kappa shape index (κ2) is 8.45. The fourth-order valence-corrected chi connectivity index (χ4v) is 2.44. The van der Waals surface area contributed by atoms with Gasteiger partial charge >= 0.3 is 0 Å². The summed E-state index contributed by atoms with van der Waals surface area (Å²) in [5, 5.41) is 6.63. The van der Waals surface area contributed by atoms with E-state index in [-0.39, 0.29) is 11.7 Å². The summed E-state index contributed by atoms with van der Waals surface area (Å²) in [6.07, 6.45) is 1.52. The lowest BCUT2D eigenvalue weighted by molar-refractivity contribution is 0.0950. The van der Waals surface area contributed by atoms with E-state index in [2.05, 4.69) is 15.6 Å². The minimum atomic E-state index is -0.263. The molecule has 0 saturated heterocycles. The lowest BCUT2D eigenvalue weighted by atomic mass is 10.2. The summed E-state index contributed by atoms with van der Waals surface area (Å²) < 4.78 is 12.9. The maximum Gasteiger partial charge on any atom is 0.253 e. The van der Waals surface area contributed by atoms with Crippen molar-refractivity contribution >= 4 is 23.3 Å². The third-order valence-electron chi connectivity index (χ3n) is 3.78. The third kappa shape index (κ3) is 5.04. The summed E-state index contributed by atoms with van der Waals surface area (Å²) >= 11 is 5.84. The third-order valence-corrected chi connectivity index (χ3v) is 4.03. The van der Waals surface area contributed by atoms with Gasteiger partial charge in [-0.15, -0.1) is 0 Å². The molecule has 3 aromatic rings. The fourth-order valence-electron chi connectivity index (χ4n) is 2.31.